The molecule has 0 atom stereocenters. The van der Waals surface area contributed by atoms with Gasteiger partial charge in [0.15, 0.2) is 5.76 Å². The lowest BCUT2D eigenvalue weighted by Crippen LogP contribution is -2.31. The number of furan rings is 1. The van der Waals surface area contributed by atoms with Gasteiger partial charge in [-0.25, -0.2) is 4.39 Å². The Labute approximate surface area is 127 Å². The summed E-state index contributed by atoms with van der Waals surface area (Å²) in [6.07, 6.45) is 1.54. The molecule has 22 heavy (non-hydrogen) atoms. The van der Waals surface area contributed by atoms with Crippen LogP contribution in [0, 0.1) is 5.82 Å². The summed E-state index contributed by atoms with van der Waals surface area (Å²) in [5.74, 6) is -0.682. The Morgan fingerprint density at radius 3 is 2.68 bits per heavy atom. The van der Waals surface area contributed by atoms with E-state index >= 15 is 0 Å². The largest absolute Gasteiger partial charge is 0.459 e. The SMILES string of the molecule is CN(Cc1ccccc1F)C(=O)CCNC(=O)c1ccco1. The molecule has 0 radical (unpaired) electrons. The summed E-state index contributed by atoms with van der Waals surface area (Å²) in [4.78, 5) is 25.0. The van der Waals surface area contributed by atoms with Crippen molar-refractivity contribution < 1.29 is 18.4 Å². The summed E-state index contributed by atoms with van der Waals surface area (Å²) in [5.41, 5.74) is 0.456. The molecule has 0 saturated heterocycles. The molecule has 116 valence electrons. The number of carbonyl (C=O) groups excluding carboxylic acids is 2. The van der Waals surface area contributed by atoms with Crippen molar-refractivity contribution in [2.75, 3.05) is 13.6 Å². The summed E-state index contributed by atoms with van der Waals surface area (Å²) in [6, 6.07) is 9.48. The number of hydrogen-bond donors (Lipinski definition) is 1. The van der Waals surface area contributed by atoms with Crippen LogP contribution in [0.5, 0.6) is 0 Å². The molecule has 1 N–H and O–H groups in total. The number of hydrogen-bond acceptors (Lipinski definition) is 3. The molecule has 0 aliphatic carbocycles. The maximum Gasteiger partial charge on any atom is 0.286 e. The molecule has 0 saturated carbocycles. The number of carbonyl (C=O) groups is 2. The van der Waals surface area contributed by atoms with E-state index in [2.05, 4.69) is 5.32 Å². The Bertz CT molecular complexity index is 641. The smallest absolute Gasteiger partial charge is 0.286 e. The highest BCUT2D eigenvalue weighted by Crippen LogP contribution is 2.09. The normalized spacial score (nSPS) is 10.3. The van der Waals surface area contributed by atoms with E-state index in [0.717, 1.165) is 0 Å². The third-order valence-corrected chi connectivity index (χ3v) is 3.16. The summed E-state index contributed by atoms with van der Waals surface area (Å²) < 4.78 is 18.5. The fourth-order valence-electron chi connectivity index (χ4n) is 1.94. The molecule has 5 nitrogen and oxygen atoms in total. The van der Waals surface area contributed by atoms with E-state index in [1.807, 2.05) is 0 Å². The average molecular weight is 304 g/mol. The highest BCUT2D eigenvalue weighted by molar-refractivity contribution is 5.91. The quantitative estimate of drug-likeness (QED) is 0.890. The molecule has 2 aromatic rings. The summed E-state index contributed by atoms with van der Waals surface area (Å²) >= 11 is 0. The van der Waals surface area contributed by atoms with Crippen molar-refractivity contribution >= 4 is 11.8 Å². The van der Waals surface area contributed by atoms with Crippen LogP contribution in [-0.2, 0) is 11.3 Å². The Kier molecular flexibility index (Phi) is 5.30. The Hall–Kier alpha value is -2.63. The number of rotatable bonds is 6. The first-order valence-electron chi connectivity index (χ1n) is 6.87. The molecule has 2 amide bonds. The minimum absolute atomic E-state index is 0.136. The van der Waals surface area contributed by atoms with E-state index in [1.165, 1.54) is 17.2 Å². The number of nitrogens with zero attached hydrogens (tertiary/aromatic N) is 1. The van der Waals surface area contributed by atoms with Gasteiger partial charge in [0.2, 0.25) is 5.91 Å². The molecule has 2 rings (SSSR count). The van der Waals surface area contributed by atoms with Crippen LogP contribution in [-0.4, -0.2) is 30.3 Å². The zero-order chi connectivity index (χ0) is 15.9. The van der Waals surface area contributed by atoms with Crippen molar-refractivity contribution in [1.29, 1.82) is 0 Å². The topological polar surface area (TPSA) is 62.6 Å². The monoisotopic (exact) mass is 304 g/mol. The third kappa shape index (κ3) is 4.18. The van der Waals surface area contributed by atoms with Crippen molar-refractivity contribution in [3.05, 3.63) is 59.8 Å². The van der Waals surface area contributed by atoms with E-state index in [0.29, 0.717) is 5.56 Å². The van der Waals surface area contributed by atoms with E-state index in [-0.39, 0.29) is 42.9 Å². The lowest BCUT2D eigenvalue weighted by Gasteiger charge is -2.17. The maximum atomic E-state index is 13.5. The van der Waals surface area contributed by atoms with Crippen LogP contribution in [0.1, 0.15) is 22.5 Å². The zero-order valence-electron chi connectivity index (χ0n) is 12.2. The van der Waals surface area contributed by atoms with Crippen molar-refractivity contribution in [3.8, 4) is 0 Å². The molecular formula is C16H17FN2O3. The molecule has 0 unspecified atom stereocenters. The minimum atomic E-state index is -0.366. The predicted molar refractivity (Wildman–Crippen MR) is 78.5 cm³/mol. The number of amides is 2. The second kappa shape index (κ2) is 7.40. The molecule has 0 aliphatic rings. The Morgan fingerprint density at radius 2 is 2.00 bits per heavy atom. The van der Waals surface area contributed by atoms with E-state index in [9.17, 15) is 14.0 Å². The van der Waals surface area contributed by atoms with Crippen molar-refractivity contribution in [1.82, 2.24) is 10.2 Å². The lowest BCUT2D eigenvalue weighted by molar-refractivity contribution is -0.130. The van der Waals surface area contributed by atoms with Crippen LogP contribution in [0.3, 0.4) is 0 Å². The fourth-order valence-corrected chi connectivity index (χ4v) is 1.94. The van der Waals surface area contributed by atoms with Crippen LogP contribution in [0.15, 0.2) is 47.1 Å². The van der Waals surface area contributed by atoms with Gasteiger partial charge in [-0.2, -0.15) is 0 Å². The second-order valence-electron chi connectivity index (χ2n) is 4.82. The van der Waals surface area contributed by atoms with Gasteiger partial charge in [-0.05, 0) is 18.2 Å². The van der Waals surface area contributed by atoms with Gasteiger partial charge < -0.3 is 14.6 Å². The summed E-state index contributed by atoms with van der Waals surface area (Å²) in [7, 11) is 1.60. The first-order valence-corrected chi connectivity index (χ1v) is 6.87. The van der Waals surface area contributed by atoms with Gasteiger partial charge in [-0.15, -0.1) is 0 Å². The van der Waals surface area contributed by atoms with Crippen LogP contribution in [0.4, 0.5) is 4.39 Å². The van der Waals surface area contributed by atoms with E-state index in [1.54, 1.807) is 37.4 Å². The number of nitrogens with one attached hydrogen (secondary N) is 1. The summed E-state index contributed by atoms with van der Waals surface area (Å²) in [6.45, 7) is 0.387. The number of benzene rings is 1. The van der Waals surface area contributed by atoms with E-state index < -0.39 is 0 Å². The van der Waals surface area contributed by atoms with Crippen LogP contribution < -0.4 is 5.32 Å². The second-order valence-corrected chi connectivity index (χ2v) is 4.82. The Balaban J connectivity index is 1.77. The van der Waals surface area contributed by atoms with Crippen LogP contribution in [0.25, 0.3) is 0 Å². The van der Waals surface area contributed by atoms with Crippen molar-refractivity contribution in [2.45, 2.75) is 13.0 Å². The molecular weight excluding hydrogens is 287 g/mol. The minimum Gasteiger partial charge on any atom is -0.459 e. The predicted octanol–water partition coefficient (Wildman–Crippen LogP) is 2.20. The fraction of sp³-hybridized carbons (Fsp3) is 0.250. The molecule has 0 bridgehead atoms. The first kappa shape index (κ1) is 15.8. The van der Waals surface area contributed by atoms with Gasteiger partial charge in [0.25, 0.3) is 5.91 Å². The molecule has 6 heteroatoms. The third-order valence-electron chi connectivity index (χ3n) is 3.16. The van der Waals surface area contributed by atoms with Gasteiger partial charge >= 0.3 is 0 Å². The number of halogens is 1. The molecule has 0 aliphatic heterocycles. The van der Waals surface area contributed by atoms with E-state index in [4.69, 9.17) is 4.42 Å². The highest BCUT2D eigenvalue weighted by atomic mass is 19.1. The molecule has 1 aromatic carbocycles. The van der Waals surface area contributed by atoms with Gasteiger partial charge in [-0.1, -0.05) is 18.2 Å². The van der Waals surface area contributed by atoms with Gasteiger partial charge in [0.05, 0.1) is 6.26 Å². The standard InChI is InChI=1S/C16H17FN2O3/c1-19(11-12-5-2-3-6-13(12)17)15(20)8-9-18-16(21)14-7-4-10-22-14/h2-7,10H,8-9,11H2,1H3,(H,18,21). The molecule has 1 aromatic heterocycles. The van der Waals surface area contributed by atoms with Crippen LogP contribution in [0.2, 0.25) is 0 Å². The highest BCUT2D eigenvalue weighted by Gasteiger charge is 2.13. The van der Waals surface area contributed by atoms with Crippen LogP contribution >= 0.6 is 0 Å². The molecule has 0 fully saturated rings. The zero-order valence-corrected chi connectivity index (χ0v) is 12.2. The Morgan fingerprint density at radius 1 is 1.23 bits per heavy atom. The van der Waals surface area contributed by atoms with Crippen molar-refractivity contribution in [3.63, 3.8) is 0 Å². The molecule has 1 heterocycles. The van der Waals surface area contributed by atoms with Crippen molar-refractivity contribution in [2.24, 2.45) is 0 Å². The lowest BCUT2D eigenvalue weighted by atomic mass is 10.2. The first-order chi connectivity index (χ1) is 10.6. The van der Waals surface area contributed by atoms with Gasteiger partial charge in [-0.3, -0.25) is 9.59 Å². The average Bonchev–Trinajstić information content (AvgIpc) is 3.03. The maximum absolute atomic E-state index is 13.5. The van der Waals surface area contributed by atoms with Gasteiger partial charge in [0, 0.05) is 32.1 Å². The molecule has 0 spiro atoms. The van der Waals surface area contributed by atoms with Gasteiger partial charge in [0.1, 0.15) is 5.82 Å². The summed E-state index contributed by atoms with van der Waals surface area (Å²) in [5, 5.41) is 2.59.